The van der Waals surface area contributed by atoms with Gasteiger partial charge in [-0.1, -0.05) is 29.8 Å². The first-order chi connectivity index (χ1) is 12.9. The van der Waals surface area contributed by atoms with E-state index in [0.717, 1.165) is 23.3 Å². The fourth-order valence-electron chi connectivity index (χ4n) is 2.27. The maximum atomic E-state index is 13.7. The lowest BCUT2D eigenvalue weighted by atomic mass is 10.1. The number of amides is 1. The molecule has 0 saturated carbocycles. The van der Waals surface area contributed by atoms with E-state index in [0.29, 0.717) is 6.54 Å². The number of carbonyl (C=O) groups is 1. The molecule has 5 nitrogen and oxygen atoms in total. The van der Waals surface area contributed by atoms with Crippen LogP contribution in [0.3, 0.4) is 0 Å². The molecule has 27 heavy (non-hydrogen) atoms. The molecule has 3 aromatic rings. The van der Waals surface area contributed by atoms with E-state index in [1.54, 1.807) is 0 Å². The monoisotopic (exact) mass is 372 g/mol. The normalized spacial score (nSPS) is 10.5. The van der Waals surface area contributed by atoms with Crippen molar-refractivity contribution >= 4 is 17.5 Å². The molecule has 8 heteroatoms. The number of carbonyl (C=O) groups excluding carboxylic acids is 1. The van der Waals surface area contributed by atoms with Gasteiger partial charge in [0.05, 0.1) is 5.69 Å². The summed E-state index contributed by atoms with van der Waals surface area (Å²) in [7, 11) is 0. The molecule has 3 rings (SSSR count). The van der Waals surface area contributed by atoms with Crippen molar-refractivity contribution in [1.29, 1.82) is 0 Å². The highest BCUT2D eigenvalue weighted by molar-refractivity contribution is 5.92. The van der Waals surface area contributed by atoms with Gasteiger partial charge in [-0.2, -0.15) is 0 Å². The number of hydrogen-bond acceptors (Lipinski definition) is 4. The van der Waals surface area contributed by atoms with Crippen LogP contribution in [0.25, 0.3) is 0 Å². The molecule has 0 aliphatic heterocycles. The number of rotatable bonds is 5. The fourth-order valence-corrected chi connectivity index (χ4v) is 2.27. The number of aromatic nitrogens is 2. The van der Waals surface area contributed by atoms with Gasteiger partial charge in [0.2, 0.25) is 5.95 Å². The predicted octanol–water partition coefficient (Wildman–Crippen LogP) is 3.88. The molecule has 0 bridgehead atoms. The lowest BCUT2D eigenvalue weighted by Crippen LogP contribution is -2.24. The summed E-state index contributed by atoms with van der Waals surface area (Å²) < 4.78 is 40.0. The van der Waals surface area contributed by atoms with Gasteiger partial charge in [0, 0.05) is 12.7 Å². The molecule has 0 aliphatic rings. The molecule has 1 aromatic heterocycles. The van der Waals surface area contributed by atoms with Gasteiger partial charge in [-0.15, -0.1) is 0 Å². The first-order valence-electron chi connectivity index (χ1n) is 8.01. The molecular formula is C19H15F3N4O. The summed E-state index contributed by atoms with van der Waals surface area (Å²) in [6.07, 6.45) is 1.30. The highest BCUT2D eigenvalue weighted by Gasteiger charge is 2.15. The zero-order chi connectivity index (χ0) is 19.4. The predicted molar refractivity (Wildman–Crippen MR) is 94.0 cm³/mol. The van der Waals surface area contributed by atoms with Gasteiger partial charge < -0.3 is 10.6 Å². The number of nitrogens with one attached hydrogen (secondary N) is 2. The largest absolute Gasteiger partial charge is 0.347 e. The maximum Gasteiger partial charge on any atom is 0.270 e. The molecule has 2 N–H and O–H groups in total. The van der Waals surface area contributed by atoms with E-state index in [1.807, 2.05) is 31.2 Å². The number of aryl methyl sites for hydroxylation is 1. The number of nitrogens with zero attached hydrogens (tertiary/aromatic N) is 2. The van der Waals surface area contributed by atoms with Crippen LogP contribution in [0.2, 0.25) is 0 Å². The van der Waals surface area contributed by atoms with Crippen molar-refractivity contribution in [3.05, 3.63) is 82.9 Å². The van der Waals surface area contributed by atoms with Crippen molar-refractivity contribution in [3.8, 4) is 0 Å². The van der Waals surface area contributed by atoms with Crippen LogP contribution in [0.4, 0.5) is 24.8 Å². The average Bonchev–Trinajstić information content (AvgIpc) is 2.68. The highest BCUT2D eigenvalue weighted by atomic mass is 19.2. The van der Waals surface area contributed by atoms with Crippen molar-refractivity contribution in [2.24, 2.45) is 0 Å². The van der Waals surface area contributed by atoms with Gasteiger partial charge in [0.15, 0.2) is 17.5 Å². The van der Waals surface area contributed by atoms with Crippen LogP contribution < -0.4 is 10.6 Å². The van der Waals surface area contributed by atoms with E-state index in [9.17, 15) is 18.0 Å². The third-order valence-electron chi connectivity index (χ3n) is 3.74. The molecule has 0 fully saturated rings. The highest BCUT2D eigenvalue weighted by Crippen LogP contribution is 2.22. The third-order valence-corrected chi connectivity index (χ3v) is 3.74. The molecule has 1 amide bonds. The van der Waals surface area contributed by atoms with Gasteiger partial charge in [0.1, 0.15) is 5.69 Å². The Morgan fingerprint density at radius 3 is 2.48 bits per heavy atom. The van der Waals surface area contributed by atoms with Crippen molar-refractivity contribution in [1.82, 2.24) is 15.3 Å². The first kappa shape index (κ1) is 18.4. The van der Waals surface area contributed by atoms with Gasteiger partial charge in [0.25, 0.3) is 5.91 Å². The molecule has 0 aliphatic carbocycles. The van der Waals surface area contributed by atoms with Gasteiger partial charge in [-0.25, -0.2) is 23.1 Å². The Morgan fingerprint density at radius 1 is 1.00 bits per heavy atom. The van der Waals surface area contributed by atoms with Crippen LogP contribution in [0.1, 0.15) is 21.6 Å². The van der Waals surface area contributed by atoms with E-state index in [1.165, 1.54) is 12.3 Å². The zero-order valence-corrected chi connectivity index (χ0v) is 14.3. The molecule has 0 radical (unpaired) electrons. The molecule has 0 atom stereocenters. The molecule has 0 unspecified atom stereocenters. The van der Waals surface area contributed by atoms with E-state index in [2.05, 4.69) is 20.6 Å². The summed E-state index contributed by atoms with van der Waals surface area (Å²) in [6, 6.07) is 10.8. The van der Waals surface area contributed by atoms with E-state index in [-0.39, 0.29) is 17.3 Å². The van der Waals surface area contributed by atoms with Crippen molar-refractivity contribution < 1.29 is 18.0 Å². The molecule has 138 valence electrons. The third kappa shape index (κ3) is 4.41. The molecule has 1 heterocycles. The average molecular weight is 372 g/mol. The zero-order valence-electron chi connectivity index (χ0n) is 14.3. The molecular weight excluding hydrogens is 357 g/mol. The van der Waals surface area contributed by atoms with Crippen LogP contribution in [-0.4, -0.2) is 15.9 Å². The van der Waals surface area contributed by atoms with Gasteiger partial charge in [-0.05, 0) is 30.7 Å². The fraction of sp³-hybridized carbons (Fsp3) is 0.105. The Hall–Kier alpha value is -3.42. The summed E-state index contributed by atoms with van der Waals surface area (Å²) in [4.78, 5) is 20.1. The second-order valence-corrected chi connectivity index (χ2v) is 5.78. The maximum absolute atomic E-state index is 13.7. The number of anilines is 2. The lowest BCUT2D eigenvalue weighted by molar-refractivity contribution is 0.0946. The Bertz CT molecular complexity index is 977. The van der Waals surface area contributed by atoms with Gasteiger partial charge in [-0.3, -0.25) is 4.79 Å². The molecule has 0 saturated heterocycles. The summed E-state index contributed by atoms with van der Waals surface area (Å²) in [5, 5.41) is 5.14. The quantitative estimate of drug-likeness (QED) is 0.667. The van der Waals surface area contributed by atoms with Crippen LogP contribution in [-0.2, 0) is 6.54 Å². The lowest BCUT2D eigenvalue weighted by Gasteiger charge is -2.09. The van der Waals surface area contributed by atoms with Gasteiger partial charge >= 0.3 is 0 Å². The van der Waals surface area contributed by atoms with E-state index >= 15 is 0 Å². The number of benzene rings is 2. The minimum atomic E-state index is -1.60. The van der Waals surface area contributed by atoms with Crippen LogP contribution >= 0.6 is 0 Å². The second-order valence-electron chi connectivity index (χ2n) is 5.78. The molecule has 2 aromatic carbocycles. The number of halogens is 3. The molecule has 0 spiro atoms. The topological polar surface area (TPSA) is 66.9 Å². The summed E-state index contributed by atoms with van der Waals surface area (Å²) >= 11 is 0. The van der Waals surface area contributed by atoms with Crippen molar-refractivity contribution in [3.63, 3.8) is 0 Å². The first-order valence-corrected chi connectivity index (χ1v) is 8.01. The van der Waals surface area contributed by atoms with Crippen LogP contribution in [0.5, 0.6) is 0 Å². The Labute approximate surface area is 153 Å². The SMILES string of the molecule is Cc1ccc(CNC(=O)c2ccnc(Nc3ccc(F)c(F)c3F)n2)cc1. The summed E-state index contributed by atoms with van der Waals surface area (Å²) in [6.45, 7) is 2.28. The minimum absolute atomic E-state index is 0.0441. The van der Waals surface area contributed by atoms with E-state index < -0.39 is 23.4 Å². The Morgan fingerprint density at radius 2 is 1.74 bits per heavy atom. The van der Waals surface area contributed by atoms with Crippen molar-refractivity contribution in [2.75, 3.05) is 5.32 Å². The standard InChI is InChI=1S/C19H15F3N4O/c1-11-2-4-12(5-3-11)10-24-18(27)15-8-9-23-19(26-15)25-14-7-6-13(20)16(21)17(14)22/h2-9H,10H2,1H3,(H,24,27)(H,23,25,26). The van der Waals surface area contributed by atoms with E-state index in [4.69, 9.17) is 0 Å². The Balaban J connectivity index is 1.70. The second kappa shape index (κ2) is 7.86. The van der Waals surface area contributed by atoms with Crippen LogP contribution in [0, 0.1) is 24.4 Å². The summed E-state index contributed by atoms with van der Waals surface area (Å²) in [5.74, 6) is -4.88. The minimum Gasteiger partial charge on any atom is -0.347 e. The van der Waals surface area contributed by atoms with Crippen molar-refractivity contribution in [2.45, 2.75) is 13.5 Å². The smallest absolute Gasteiger partial charge is 0.270 e. The van der Waals surface area contributed by atoms with Crippen LogP contribution in [0.15, 0.2) is 48.7 Å². The Kier molecular flexibility index (Phi) is 5.35. The summed E-state index contributed by atoms with van der Waals surface area (Å²) in [5.41, 5.74) is 1.74. The number of hydrogen-bond donors (Lipinski definition) is 2.